The van der Waals surface area contributed by atoms with E-state index in [1.807, 2.05) is 24.3 Å². The fourth-order valence-electron chi connectivity index (χ4n) is 5.45. The van der Waals surface area contributed by atoms with E-state index in [0.717, 1.165) is 17.3 Å². The molecule has 0 aliphatic carbocycles. The van der Waals surface area contributed by atoms with Crippen molar-refractivity contribution in [2.45, 2.75) is 43.8 Å². The minimum absolute atomic E-state index is 0.144. The second kappa shape index (κ2) is 12.6. The summed E-state index contributed by atoms with van der Waals surface area (Å²) < 4.78 is 85.6. The van der Waals surface area contributed by atoms with Gasteiger partial charge in [-0.15, -0.1) is 0 Å². The molecule has 1 N–H and O–H groups in total. The molecule has 2 unspecified atom stereocenters. The van der Waals surface area contributed by atoms with Crippen LogP contribution in [0.25, 0.3) is 11.3 Å². The van der Waals surface area contributed by atoms with Crippen molar-refractivity contribution in [1.29, 1.82) is 0 Å². The molecule has 5 rings (SSSR count). The Kier molecular flexibility index (Phi) is 9.07. The molecular weight excluding hydrogens is 614 g/mol. The predicted octanol–water partition coefficient (Wildman–Crippen LogP) is 7.16. The Morgan fingerprint density at radius 1 is 1.00 bits per heavy atom. The first-order chi connectivity index (χ1) is 20.8. The molecule has 0 amide bonds. The van der Waals surface area contributed by atoms with Gasteiger partial charge in [-0.1, -0.05) is 41.9 Å². The number of likely N-dealkylation sites (tertiary alicyclic amines) is 1. The highest BCUT2D eigenvalue weighted by atomic mass is 35.5. The Balaban J connectivity index is 1.29. The van der Waals surface area contributed by atoms with Crippen LogP contribution in [0.3, 0.4) is 0 Å². The van der Waals surface area contributed by atoms with Crippen molar-refractivity contribution in [3.8, 4) is 17.0 Å². The number of halogens is 7. The Morgan fingerprint density at radius 3 is 2.34 bits per heavy atom. The lowest BCUT2D eigenvalue weighted by Crippen LogP contribution is -2.47. The number of hydrazone groups is 1. The number of alkyl halides is 6. The van der Waals surface area contributed by atoms with E-state index in [9.17, 15) is 36.2 Å². The molecule has 0 saturated carbocycles. The summed E-state index contributed by atoms with van der Waals surface area (Å²) in [5.41, 5.74) is 2.51. The number of pyridine rings is 1. The van der Waals surface area contributed by atoms with Crippen LogP contribution in [0.5, 0.6) is 5.75 Å². The summed E-state index contributed by atoms with van der Waals surface area (Å²) in [4.78, 5) is 17.2. The predicted molar refractivity (Wildman–Crippen MR) is 152 cm³/mol. The first-order valence-electron chi connectivity index (χ1n) is 13.7. The molecule has 234 valence electrons. The van der Waals surface area contributed by atoms with Crippen molar-refractivity contribution in [2.75, 3.05) is 24.6 Å². The Labute approximate surface area is 253 Å². The molecule has 7 nitrogen and oxygen atoms in total. The first-order valence-corrected chi connectivity index (χ1v) is 14.1. The Hall–Kier alpha value is -3.84. The fourth-order valence-corrected chi connectivity index (χ4v) is 5.62. The van der Waals surface area contributed by atoms with E-state index in [2.05, 4.69) is 10.1 Å². The molecule has 1 aromatic heterocycles. The van der Waals surface area contributed by atoms with Crippen LogP contribution >= 0.6 is 11.6 Å². The third-order valence-corrected chi connectivity index (χ3v) is 7.83. The summed E-state index contributed by atoms with van der Waals surface area (Å²) in [6.45, 7) is 0.00883. The molecule has 3 aromatic rings. The number of rotatable bonds is 8. The van der Waals surface area contributed by atoms with Crippen LogP contribution in [0, 0.1) is 5.92 Å². The summed E-state index contributed by atoms with van der Waals surface area (Å²) in [5, 5.41) is 13.9. The van der Waals surface area contributed by atoms with Crippen LogP contribution in [-0.2, 0) is 11.4 Å². The molecule has 0 radical (unpaired) electrons. The molecule has 3 heterocycles. The van der Waals surface area contributed by atoms with E-state index in [-0.39, 0.29) is 24.0 Å². The summed E-state index contributed by atoms with van der Waals surface area (Å²) in [7, 11) is 0. The van der Waals surface area contributed by atoms with Crippen molar-refractivity contribution in [3.63, 3.8) is 0 Å². The maximum atomic E-state index is 13.8. The van der Waals surface area contributed by atoms with E-state index in [0.29, 0.717) is 47.3 Å². The highest BCUT2D eigenvalue weighted by molar-refractivity contribution is 6.31. The molecule has 44 heavy (non-hydrogen) atoms. The molecular formula is C30H27ClF6N4O3. The number of hydrogen-bond acceptors (Lipinski definition) is 6. The zero-order chi connectivity index (χ0) is 31.6. The van der Waals surface area contributed by atoms with E-state index in [1.165, 1.54) is 17.0 Å². The van der Waals surface area contributed by atoms with Gasteiger partial charge in [0.15, 0.2) is 6.04 Å². The SMILES string of the molecule is O=C(O)C1C=NN(c2cccc(-c3cc(Cl)ccc3OCc3ccc(C4CCN(CC(F)(F)F)CC4)cc3)n2)C1C(F)(F)F. The lowest BCUT2D eigenvalue weighted by molar-refractivity contribution is -0.166. The van der Waals surface area contributed by atoms with E-state index >= 15 is 0 Å². The largest absolute Gasteiger partial charge is 0.488 e. The van der Waals surface area contributed by atoms with Gasteiger partial charge in [-0.2, -0.15) is 31.4 Å². The smallest absolute Gasteiger partial charge is 0.412 e. The number of piperidine rings is 1. The molecule has 1 fully saturated rings. The minimum Gasteiger partial charge on any atom is -0.488 e. The number of anilines is 1. The monoisotopic (exact) mass is 640 g/mol. The Bertz CT molecular complexity index is 1510. The van der Waals surface area contributed by atoms with Gasteiger partial charge in [-0.25, -0.2) is 9.99 Å². The van der Waals surface area contributed by atoms with E-state index in [4.69, 9.17) is 16.3 Å². The molecule has 2 aliphatic heterocycles. The number of carboxylic acid groups (broad SMARTS) is 1. The first kappa shape index (κ1) is 31.6. The lowest BCUT2D eigenvalue weighted by atomic mass is 9.89. The van der Waals surface area contributed by atoms with Crippen molar-refractivity contribution < 1.29 is 41.0 Å². The summed E-state index contributed by atoms with van der Waals surface area (Å²) >= 11 is 6.23. The highest BCUT2D eigenvalue weighted by Gasteiger charge is 2.54. The maximum absolute atomic E-state index is 13.8. The molecule has 2 aliphatic rings. The van der Waals surface area contributed by atoms with E-state index in [1.54, 1.807) is 24.3 Å². The summed E-state index contributed by atoms with van der Waals surface area (Å²) in [5.74, 6) is -3.21. The third-order valence-electron chi connectivity index (χ3n) is 7.60. The highest BCUT2D eigenvalue weighted by Crippen LogP contribution is 2.38. The number of aromatic nitrogens is 1. The van der Waals surface area contributed by atoms with Gasteiger partial charge in [-0.05, 0) is 73.3 Å². The Morgan fingerprint density at radius 2 is 1.70 bits per heavy atom. The van der Waals surface area contributed by atoms with Crippen LogP contribution in [0.1, 0.15) is 29.9 Å². The van der Waals surface area contributed by atoms with Crippen LogP contribution in [0.2, 0.25) is 5.02 Å². The number of aliphatic carboxylic acids is 1. The van der Waals surface area contributed by atoms with Crippen molar-refractivity contribution in [2.24, 2.45) is 11.0 Å². The van der Waals surface area contributed by atoms with Crippen molar-refractivity contribution in [1.82, 2.24) is 9.88 Å². The van der Waals surface area contributed by atoms with Gasteiger partial charge < -0.3 is 9.84 Å². The van der Waals surface area contributed by atoms with E-state index < -0.39 is 36.8 Å². The quantitative estimate of drug-likeness (QED) is 0.263. The average Bonchev–Trinajstić information content (AvgIpc) is 3.44. The second-order valence-corrected chi connectivity index (χ2v) is 11.1. The fraction of sp³-hybridized carbons (Fsp3) is 0.367. The lowest BCUT2D eigenvalue weighted by Gasteiger charge is -2.32. The van der Waals surface area contributed by atoms with Gasteiger partial charge in [0.25, 0.3) is 0 Å². The molecule has 2 atom stereocenters. The molecule has 2 aromatic carbocycles. The number of carbonyl (C=O) groups is 1. The second-order valence-electron chi connectivity index (χ2n) is 10.7. The minimum atomic E-state index is -4.89. The van der Waals surface area contributed by atoms with Gasteiger partial charge in [0.2, 0.25) is 0 Å². The number of hydrogen-bond donors (Lipinski definition) is 1. The summed E-state index contributed by atoms with van der Waals surface area (Å²) in [6.07, 6.45) is -7.08. The zero-order valence-electron chi connectivity index (χ0n) is 23.0. The molecule has 1 saturated heterocycles. The molecule has 0 spiro atoms. The maximum Gasteiger partial charge on any atom is 0.412 e. The standard InChI is InChI=1S/C30H27ClF6N4O3/c31-21-8-9-25(44-16-18-4-6-19(7-5-18)20-10-12-40(13-11-20)17-29(32,33)34)22(14-21)24-2-1-3-26(39-24)41-27(30(35,36)37)23(15-38-41)28(42)43/h1-9,14-15,20,23,27H,10-13,16-17H2,(H,42,43). The number of ether oxygens (including phenoxy) is 1. The third kappa shape index (κ3) is 7.44. The van der Waals surface area contributed by atoms with Crippen molar-refractivity contribution >= 4 is 29.6 Å². The van der Waals surface area contributed by atoms with Gasteiger partial charge in [-0.3, -0.25) is 9.69 Å². The van der Waals surface area contributed by atoms with Gasteiger partial charge in [0.05, 0.1) is 12.2 Å². The molecule has 0 bridgehead atoms. The number of nitrogens with zero attached hydrogens (tertiary/aromatic N) is 4. The number of carboxylic acids is 1. The van der Waals surface area contributed by atoms with Gasteiger partial charge in [0.1, 0.15) is 24.1 Å². The van der Waals surface area contributed by atoms with Crippen molar-refractivity contribution in [3.05, 3.63) is 76.8 Å². The van der Waals surface area contributed by atoms with Crippen LogP contribution < -0.4 is 9.75 Å². The van der Waals surface area contributed by atoms with Crippen LogP contribution in [0.15, 0.2) is 65.8 Å². The normalized spacial score (nSPS) is 19.8. The van der Waals surface area contributed by atoms with Crippen LogP contribution in [-0.4, -0.2) is 65.2 Å². The van der Waals surface area contributed by atoms with Gasteiger partial charge >= 0.3 is 18.3 Å². The topological polar surface area (TPSA) is 78.3 Å². The average molecular weight is 641 g/mol. The van der Waals surface area contributed by atoms with Crippen LogP contribution in [0.4, 0.5) is 32.2 Å². The zero-order valence-corrected chi connectivity index (χ0v) is 23.8. The number of benzene rings is 2. The molecule has 14 heteroatoms. The summed E-state index contributed by atoms with van der Waals surface area (Å²) in [6, 6.07) is 14.3. The van der Waals surface area contributed by atoms with Gasteiger partial charge in [0, 0.05) is 16.8 Å².